The molecule has 114 valence electrons. The number of unbranched alkanes of at least 4 members (excludes halogenated alkanes) is 3. The molecule has 0 fully saturated rings. The van der Waals surface area contributed by atoms with Crippen molar-refractivity contribution in [2.75, 3.05) is 13.1 Å². The Kier molecular flexibility index (Phi) is 10.1. The molecule has 20 heavy (non-hydrogen) atoms. The molecule has 0 spiro atoms. The molecule has 0 saturated heterocycles. The third-order valence-electron chi connectivity index (χ3n) is 2.30. The van der Waals surface area contributed by atoms with Gasteiger partial charge >= 0.3 is 23.9 Å². The molecule has 0 unspecified atom stereocenters. The second kappa shape index (κ2) is 11.1. The molecule has 0 aromatic rings. The summed E-state index contributed by atoms with van der Waals surface area (Å²) in [6.07, 6.45) is 2.75. The van der Waals surface area contributed by atoms with E-state index in [0.29, 0.717) is 25.7 Å². The van der Waals surface area contributed by atoms with Gasteiger partial charge in [0, 0.05) is 12.8 Å². The molecule has 0 radical (unpaired) electrons. The van der Waals surface area contributed by atoms with Gasteiger partial charge in [0.2, 0.25) is 0 Å². The number of nitrogens with two attached hydrogens (primary N) is 2. The largest absolute Gasteiger partial charge is 0.392 e. The summed E-state index contributed by atoms with van der Waals surface area (Å²) in [5.41, 5.74) is 9.97. The standard InChI is InChI=1S/C12H20N2O6/c13-7-11(17)19-9(15)5-3-1-2-4-6-10(16)20-12(18)8-14/h1-8,13-14H2. The van der Waals surface area contributed by atoms with E-state index >= 15 is 0 Å². The number of ether oxygens (including phenoxy) is 2. The molecule has 0 aliphatic heterocycles. The van der Waals surface area contributed by atoms with Crippen LogP contribution in [-0.2, 0) is 28.7 Å². The third kappa shape index (κ3) is 10.2. The Hall–Kier alpha value is -1.80. The zero-order valence-electron chi connectivity index (χ0n) is 11.3. The van der Waals surface area contributed by atoms with Crippen LogP contribution in [0.1, 0.15) is 38.5 Å². The van der Waals surface area contributed by atoms with Crippen LogP contribution in [0.15, 0.2) is 0 Å². The van der Waals surface area contributed by atoms with E-state index in [1.807, 2.05) is 0 Å². The summed E-state index contributed by atoms with van der Waals surface area (Å²) in [7, 11) is 0. The summed E-state index contributed by atoms with van der Waals surface area (Å²) in [6.45, 7) is -0.648. The van der Waals surface area contributed by atoms with E-state index in [2.05, 4.69) is 9.47 Å². The number of hydrogen-bond donors (Lipinski definition) is 2. The van der Waals surface area contributed by atoms with Crippen molar-refractivity contribution >= 4 is 23.9 Å². The van der Waals surface area contributed by atoms with E-state index in [0.717, 1.165) is 0 Å². The first-order valence-electron chi connectivity index (χ1n) is 6.36. The van der Waals surface area contributed by atoms with E-state index in [4.69, 9.17) is 11.5 Å². The molecule has 8 nitrogen and oxygen atoms in total. The number of esters is 4. The lowest BCUT2D eigenvalue weighted by molar-refractivity contribution is -0.160. The van der Waals surface area contributed by atoms with Gasteiger partial charge in [0.1, 0.15) is 0 Å². The van der Waals surface area contributed by atoms with Crippen LogP contribution in [0.5, 0.6) is 0 Å². The molecular weight excluding hydrogens is 268 g/mol. The monoisotopic (exact) mass is 288 g/mol. The lowest BCUT2D eigenvalue weighted by Gasteiger charge is -2.02. The molecule has 4 N–H and O–H groups in total. The Bertz CT molecular complexity index is 322. The highest BCUT2D eigenvalue weighted by molar-refractivity contribution is 5.86. The molecule has 8 heteroatoms. The first kappa shape index (κ1) is 18.2. The first-order chi connectivity index (χ1) is 9.49. The summed E-state index contributed by atoms with van der Waals surface area (Å²) >= 11 is 0. The van der Waals surface area contributed by atoms with Gasteiger partial charge < -0.3 is 20.9 Å². The Morgan fingerprint density at radius 1 is 0.600 bits per heavy atom. The summed E-state index contributed by atoms with van der Waals surface area (Å²) in [5, 5.41) is 0. The minimum Gasteiger partial charge on any atom is -0.392 e. The van der Waals surface area contributed by atoms with E-state index in [1.165, 1.54) is 0 Å². The van der Waals surface area contributed by atoms with Gasteiger partial charge in [-0.05, 0) is 12.8 Å². The molecule has 0 aliphatic carbocycles. The van der Waals surface area contributed by atoms with Crippen LogP contribution in [0.3, 0.4) is 0 Å². The molecule has 0 bridgehead atoms. The quantitative estimate of drug-likeness (QED) is 0.325. The summed E-state index contributed by atoms with van der Waals surface area (Å²) < 4.78 is 8.75. The Labute approximate surface area is 116 Å². The fourth-order valence-corrected chi connectivity index (χ4v) is 1.33. The van der Waals surface area contributed by atoms with Gasteiger partial charge in [-0.2, -0.15) is 0 Å². The maximum atomic E-state index is 11.1. The van der Waals surface area contributed by atoms with Gasteiger partial charge in [-0.15, -0.1) is 0 Å². The van der Waals surface area contributed by atoms with Crippen LogP contribution in [0.4, 0.5) is 0 Å². The van der Waals surface area contributed by atoms with Crippen molar-refractivity contribution in [1.29, 1.82) is 0 Å². The molecule has 0 aliphatic rings. The predicted octanol–water partition coefficient (Wildman–Crippen LogP) is -0.616. The molecular formula is C12H20N2O6. The molecule has 0 aromatic carbocycles. The van der Waals surface area contributed by atoms with Gasteiger partial charge in [0.05, 0.1) is 13.1 Å². The third-order valence-corrected chi connectivity index (χ3v) is 2.30. The second-order valence-electron chi connectivity index (χ2n) is 4.01. The second-order valence-corrected chi connectivity index (χ2v) is 4.01. The molecule has 0 amide bonds. The van der Waals surface area contributed by atoms with E-state index in [1.54, 1.807) is 0 Å². The van der Waals surface area contributed by atoms with Gasteiger partial charge in [0.15, 0.2) is 0 Å². The first-order valence-corrected chi connectivity index (χ1v) is 6.36. The van der Waals surface area contributed by atoms with Crippen LogP contribution < -0.4 is 11.5 Å². The molecule has 0 aromatic heterocycles. The zero-order chi connectivity index (χ0) is 15.4. The van der Waals surface area contributed by atoms with Crippen LogP contribution in [0.2, 0.25) is 0 Å². The van der Waals surface area contributed by atoms with Crippen molar-refractivity contribution in [2.45, 2.75) is 38.5 Å². The van der Waals surface area contributed by atoms with E-state index < -0.39 is 23.9 Å². The summed E-state index contributed by atoms with van der Waals surface area (Å²) in [4.78, 5) is 43.5. The van der Waals surface area contributed by atoms with Crippen LogP contribution in [0, 0.1) is 0 Å². The fraction of sp³-hybridized carbons (Fsp3) is 0.667. The molecule has 0 atom stereocenters. The van der Waals surface area contributed by atoms with Crippen LogP contribution >= 0.6 is 0 Å². The lowest BCUT2D eigenvalue weighted by Crippen LogP contribution is -2.20. The van der Waals surface area contributed by atoms with Crippen LogP contribution in [-0.4, -0.2) is 37.0 Å². The van der Waals surface area contributed by atoms with Gasteiger partial charge in [0.25, 0.3) is 0 Å². The topological polar surface area (TPSA) is 139 Å². The van der Waals surface area contributed by atoms with Gasteiger partial charge in [-0.1, -0.05) is 12.8 Å². The van der Waals surface area contributed by atoms with Crippen LogP contribution in [0.25, 0.3) is 0 Å². The Morgan fingerprint density at radius 3 is 1.25 bits per heavy atom. The van der Waals surface area contributed by atoms with Crippen molar-refractivity contribution in [3.05, 3.63) is 0 Å². The number of carbonyl (C=O) groups excluding carboxylic acids is 4. The Balaban J connectivity index is 3.49. The number of carbonyl (C=O) groups is 4. The van der Waals surface area contributed by atoms with Crippen molar-refractivity contribution < 1.29 is 28.7 Å². The molecule has 0 rings (SSSR count). The summed E-state index contributed by atoms with van der Waals surface area (Å²) in [5.74, 6) is -2.70. The highest BCUT2D eigenvalue weighted by atomic mass is 16.6. The summed E-state index contributed by atoms with van der Waals surface area (Å²) in [6, 6.07) is 0. The maximum absolute atomic E-state index is 11.1. The molecule has 0 heterocycles. The maximum Gasteiger partial charge on any atom is 0.327 e. The minimum atomic E-state index is -0.748. The predicted molar refractivity (Wildman–Crippen MR) is 68.0 cm³/mol. The van der Waals surface area contributed by atoms with E-state index in [9.17, 15) is 19.2 Å². The average Bonchev–Trinajstić information content (AvgIpc) is 2.42. The minimum absolute atomic E-state index is 0.127. The van der Waals surface area contributed by atoms with Crippen molar-refractivity contribution in [3.8, 4) is 0 Å². The van der Waals surface area contributed by atoms with E-state index in [-0.39, 0.29) is 25.9 Å². The number of rotatable bonds is 9. The molecule has 0 saturated carbocycles. The number of hydrogen-bond acceptors (Lipinski definition) is 8. The zero-order valence-corrected chi connectivity index (χ0v) is 11.3. The van der Waals surface area contributed by atoms with Gasteiger partial charge in [-0.3, -0.25) is 19.2 Å². The normalized spacial score (nSPS) is 9.90. The average molecular weight is 288 g/mol. The van der Waals surface area contributed by atoms with Crippen molar-refractivity contribution in [3.63, 3.8) is 0 Å². The van der Waals surface area contributed by atoms with Crippen molar-refractivity contribution in [1.82, 2.24) is 0 Å². The highest BCUT2D eigenvalue weighted by Crippen LogP contribution is 2.07. The van der Waals surface area contributed by atoms with Crippen molar-refractivity contribution in [2.24, 2.45) is 11.5 Å². The lowest BCUT2D eigenvalue weighted by atomic mass is 10.1. The highest BCUT2D eigenvalue weighted by Gasteiger charge is 2.09. The smallest absolute Gasteiger partial charge is 0.327 e. The fourth-order valence-electron chi connectivity index (χ4n) is 1.33. The Morgan fingerprint density at radius 2 is 0.950 bits per heavy atom. The SMILES string of the molecule is NCC(=O)OC(=O)CCCCCCC(=O)OC(=O)CN. The van der Waals surface area contributed by atoms with Gasteiger partial charge in [-0.25, -0.2) is 0 Å².